The summed E-state index contributed by atoms with van der Waals surface area (Å²) in [7, 11) is 2.86. The molecule has 0 radical (unpaired) electrons. The highest BCUT2D eigenvalue weighted by molar-refractivity contribution is 5.89. The molecule has 6 nitrogen and oxygen atoms in total. The molecule has 1 fully saturated rings. The van der Waals surface area contributed by atoms with Crippen LogP contribution in [0, 0.1) is 5.92 Å². The molecule has 7 heteroatoms. The summed E-state index contributed by atoms with van der Waals surface area (Å²) in [6.45, 7) is 0. The average Bonchev–Trinajstić information content (AvgIpc) is 3.02. The number of carbonyl (C=O) groups excluding carboxylic acids is 1. The van der Waals surface area contributed by atoms with Crippen LogP contribution in [-0.2, 0) is 4.84 Å². The summed E-state index contributed by atoms with van der Waals surface area (Å²) in [4.78, 5) is 20.7. The fraction of sp³-hybridized carbons (Fsp3) is 0.750. The molecule has 0 spiro atoms. The van der Waals surface area contributed by atoms with Crippen molar-refractivity contribution < 1.29 is 14.0 Å². The Kier molecular flexibility index (Phi) is 3.00. The lowest BCUT2D eigenvalue weighted by Crippen LogP contribution is -2.26. The van der Waals surface area contributed by atoms with Gasteiger partial charge in [0, 0.05) is 13.5 Å². The standard InChI is InChI=1S/C12H17FN4O2/c1-16(19-2)12(18)10-14-11-9(13)6-8(17(11)15-10)5-7-3-4-7/h7-9H,3-6H2,1-2H3/t8-,9+/m1/s1. The summed E-state index contributed by atoms with van der Waals surface area (Å²) in [5, 5.41) is 5.20. The Morgan fingerprint density at radius 1 is 1.58 bits per heavy atom. The zero-order chi connectivity index (χ0) is 13.6. The summed E-state index contributed by atoms with van der Waals surface area (Å²) in [5.74, 6) is 0.510. The van der Waals surface area contributed by atoms with E-state index in [4.69, 9.17) is 4.84 Å². The van der Waals surface area contributed by atoms with Gasteiger partial charge < -0.3 is 0 Å². The van der Waals surface area contributed by atoms with Gasteiger partial charge in [-0.2, -0.15) is 0 Å². The van der Waals surface area contributed by atoms with E-state index in [0.29, 0.717) is 12.3 Å². The van der Waals surface area contributed by atoms with Crippen LogP contribution < -0.4 is 0 Å². The number of aromatic nitrogens is 3. The first kappa shape index (κ1) is 12.5. The van der Waals surface area contributed by atoms with Gasteiger partial charge in [-0.05, 0) is 12.3 Å². The van der Waals surface area contributed by atoms with Gasteiger partial charge in [-0.3, -0.25) is 9.63 Å². The Morgan fingerprint density at radius 2 is 2.32 bits per heavy atom. The van der Waals surface area contributed by atoms with E-state index in [1.54, 1.807) is 4.68 Å². The zero-order valence-corrected chi connectivity index (χ0v) is 11.0. The number of halogens is 1. The van der Waals surface area contributed by atoms with Crippen molar-refractivity contribution in [2.45, 2.75) is 37.9 Å². The molecule has 19 heavy (non-hydrogen) atoms. The second kappa shape index (κ2) is 4.56. The highest BCUT2D eigenvalue weighted by Crippen LogP contribution is 2.44. The molecule has 0 bridgehead atoms. The molecule has 1 aromatic rings. The monoisotopic (exact) mass is 268 g/mol. The lowest BCUT2D eigenvalue weighted by molar-refractivity contribution is -0.0764. The lowest BCUT2D eigenvalue weighted by atomic mass is 10.1. The van der Waals surface area contributed by atoms with Crippen LogP contribution >= 0.6 is 0 Å². The van der Waals surface area contributed by atoms with E-state index in [9.17, 15) is 9.18 Å². The van der Waals surface area contributed by atoms with E-state index < -0.39 is 12.1 Å². The Morgan fingerprint density at radius 3 is 2.95 bits per heavy atom. The van der Waals surface area contributed by atoms with Crippen LogP contribution in [0.4, 0.5) is 4.39 Å². The van der Waals surface area contributed by atoms with Crippen LogP contribution in [0.25, 0.3) is 0 Å². The lowest BCUT2D eigenvalue weighted by Gasteiger charge is -2.12. The fourth-order valence-electron chi connectivity index (χ4n) is 2.51. The molecule has 1 amide bonds. The minimum atomic E-state index is -1.12. The van der Waals surface area contributed by atoms with Crippen LogP contribution in [0.1, 0.15) is 54.3 Å². The van der Waals surface area contributed by atoms with Crippen LogP contribution in [-0.4, -0.2) is 39.9 Å². The highest BCUT2D eigenvalue weighted by Gasteiger charge is 2.38. The van der Waals surface area contributed by atoms with Gasteiger partial charge in [0.1, 0.15) is 0 Å². The summed E-state index contributed by atoms with van der Waals surface area (Å²) >= 11 is 0. The number of nitrogens with zero attached hydrogens (tertiary/aromatic N) is 4. The molecule has 1 aliphatic carbocycles. The average molecular weight is 268 g/mol. The number of carbonyl (C=O) groups is 1. The van der Waals surface area contributed by atoms with Crippen molar-refractivity contribution in [3.63, 3.8) is 0 Å². The van der Waals surface area contributed by atoms with Crippen LogP contribution in [0.3, 0.4) is 0 Å². The van der Waals surface area contributed by atoms with Gasteiger partial charge in [0.2, 0.25) is 5.82 Å². The maximum Gasteiger partial charge on any atom is 0.316 e. The van der Waals surface area contributed by atoms with E-state index in [-0.39, 0.29) is 17.7 Å². The molecule has 0 saturated heterocycles. The van der Waals surface area contributed by atoms with Gasteiger partial charge in [0.25, 0.3) is 0 Å². The molecule has 3 rings (SSSR count). The molecule has 2 heterocycles. The molecule has 0 N–H and O–H groups in total. The second-order valence-electron chi connectivity index (χ2n) is 5.26. The zero-order valence-electron chi connectivity index (χ0n) is 11.0. The Labute approximate surface area is 110 Å². The third-order valence-corrected chi connectivity index (χ3v) is 3.82. The fourth-order valence-corrected chi connectivity index (χ4v) is 2.51. The smallest absolute Gasteiger partial charge is 0.274 e. The maximum absolute atomic E-state index is 13.9. The van der Waals surface area contributed by atoms with Gasteiger partial charge in [-0.1, -0.05) is 12.8 Å². The minimum absolute atomic E-state index is 0.00231. The van der Waals surface area contributed by atoms with E-state index >= 15 is 0 Å². The van der Waals surface area contributed by atoms with E-state index in [0.717, 1.165) is 11.5 Å². The number of amides is 1. The maximum atomic E-state index is 13.9. The normalized spacial score (nSPS) is 25.4. The molecule has 2 atom stereocenters. The first-order valence-electron chi connectivity index (χ1n) is 6.52. The van der Waals surface area contributed by atoms with Crippen molar-refractivity contribution in [3.8, 4) is 0 Å². The molecule has 0 aromatic carbocycles. The number of hydrogen-bond donors (Lipinski definition) is 0. The second-order valence-corrected chi connectivity index (χ2v) is 5.26. The van der Waals surface area contributed by atoms with E-state index in [2.05, 4.69) is 10.1 Å². The van der Waals surface area contributed by atoms with Crippen molar-refractivity contribution in [2.75, 3.05) is 14.2 Å². The quantitative estimate of drug-likeness (QED) is 0.779. The van der Waals surface area contributed by atoms with Crippen LogP contribution in [0.5, 0.6) is 0 Å². The van der Waals surface area contributed by atoms with Crippen molar-refractivity contribution in [3.05, 3.63) is 11.6 Å². The minimum Gasteiger partial charge on any atom is -0.274 e. The van der Waals surface area contributed by atoms with Gasteiger partial charge >= 0.3 is 5.91 Å². The van der Waals surface area contributed by atoms with Crippen LogP contribution in [0.15, 0.2) is 0 Å². The van der Waals surface area contributed by atoms with Crippen molar-refractivity contribution in [1.82, 2.24) is 19.8 Å². The summed E-state index contributed by atoms with van der Waals surface area (Å²) in [5.41, 5.74) is 0. The first-order chi connectivity index (χ1) is 9.10. The molecule has 2 aliphatic rings. The molecule has 1 aliphatic heterocycles. The number of hydrogen-bond acceptors (Lipinski definition) is 4. The Bertz CT molecular complexity index is 500. The molecular weight excluding hydrogens is 251 g/mol. The van der Waals surface area contributed by atoms with E-state index in [1.807, 2.05) is 0 Å². The van der Waals surface area contributed by atoms with Crippen molar-refractivity contribution in [2.24, 2.45) is 5.92 Å². The van der Waals surface area contributed by atoms with Gasteiger partial charge in [-0.25, -0.2) is 19.1 Å². The number of hydroxylamine groups is 2. The van der Waals surface area contributed by atoms with Crippen molar-refractivity contribution >= 4 is 5.91 Å². The summed E-state index contributed by atoms with van der Waals surface area (Å²) in [6, 6.07) is 0.0411. The van der Waals surface area contributed by atoms with Gasteiger partial charge in [0.15, 0.2) is 12.0 Å². The number of fused-ring (bicyclic) bond motifs is 1. The molecular formula is C12H17FN4O2. The predicted octanol–water partition coefficient (Wildman–Crippen LogP) is 1.67. The predicted molar refractivity (Wildman–Crippen MR) is 64.0 cm³/mol. The third kappa shape index (κ3) is 2.22. The first-order valence-corrected chi connectivity index (χ1v) is 6.52. The number of alkyl halides is 1. The highest BCUT2D eigenvalue weighted by atomic mass is 19.1. The summed E-state index contributed by atoms with van der Waals surface area (Å²) in [6.07, 6.45) is 2.68. The van der Waals surface area contributed by atoms with Crippen LogP contribution in [0.2, 0.25) is 0 Å². The third-order valence-electron chi connectivity index (χ3n) is 3.82. The molecule has 104 valence electrons. The van der Waals surface area contributed by atoms with Gasteiger partial charge in [-0.15, -0.1) is 5.10 Å². The molecule has 1 saturated carbocycles. The Balaban J connectivity index is 1.83. The topological polar surface area (TPSA) is 60.2 Å². The molecule has 1 aromatic heterocycles. The van der Waals surface area contributed by atoms with Gasteiger partial charge in [0.05, 0.1) is 13.2 Å². The number of rotatable bonds is 4. The van der Waals surface area contributed by atoms with Crippen molar-refractivity contribution in [1.29, 1.82) is 0 Å². The molecule has 0 unspecified atom stereocenters. The van der Waals surface area contributed by atoms with E-state index in [1.165, 1.54) is 27.0 Å². The largest absolute Gasteiger partial charge is 0.316 e. The SMILES string of the molecule is CON(C)C(=O)c1nc2n(n1)[C@H](CC1CC1)C[C@@H]2F. The summed E-state index contributed by atoms with van der Waals surface area (Å²) < 4.78 is 15.5. The Hall–Kier alpha value is -1.50.